The van der Waals surface area contributed by atoms with E-state index in [0.29, 0.717) is 0 Å². The van der Waals surface area contributed by atoms with Gasteiger partial charge in [-0.3, -0.25) is 4.79 Å². The smallest absolute Gasteiger partial charge is 0.238 e. The Morgan fingerprint density at radius 2 is 2.50 bits per heavy atom. The predicted molar refractivity (Wildman–Crippen MR) is 28.1 cm³/mol. The lowest BCUT2D eigenvalue weighted by molar-refractivity contribution is -0.118. The summed E-state index contributed by atoms with van der Waals surface area (Å²) >= 11 is 0. The van der Waals surface area contributed by atoms with Crippen LogP contribution in [0.25, 0.3) is 0 Å². The van der Waals surface area contributed by atoms with E-state index >= 15 is 0 Å². The Balaban J connectivity index is 2.85. The standard InChI is InChI=1S/C3H5N2O2S/c1-2-3(6)5-8(7)4-2/h2H,1H3,(H,4,5,6,7)/q-1/t2-/m1/s1. The number of rotatable bonds is 0. The lowest BCUT2D eigenvalue weighted by Crippen LogP contribution is -2.23. The van der Waals surface area contributed by atoms with Crippen molar-refractivity contribution in [2.45, 2.75) is 13.0 Å². The Kier molecular flexibility index (Phi) is 1.31. The van der Waals surface area contributed by atoms with E-state index in [1.165, 1.54) is 0 Å². The average molecular weight is 133 g/mol. The molecule has 0 saturated carbocycles. The molecule has 0 aromatic carbocycles. The van der Waals surface area contributed by atoms with Gasteiger partial charge in [0.1, 0.15) is 0 Å². The van der Waals surface area contributed by atoms with Gasteiger partial charge in [-0.25, -0.2) is 0 Å². The summed E-state index contributed by atoms with van der Waals surface area (Å²) in [7, 11) is -1.46. The van der Waals surface area contributed by atoms with Gasteiger partial charge in [-0.15, -0.1) is 10.8 Å². The molecular formula is C3H5N2O2S-. The number of hydrogen-bond donors (Lipinski definition) is 1. The van der Waals surface area contributed by atoms with Crippen LogP contribution in [0.2, 0.25) is 0 Å². The molecule has 0 bridgehead atoms. The highest BCUT2D eigenvalue weighted by atomic mass is 32.2. The number of carbonyl (C=O) groups is 1. The van der Waals surface area contributed by atoms with E-state index in [1.807, 2.05) is 0 Å². The number of hydrogen-bond acceptors (Lipinski definition) is 3. The first kappa shape index (κ1) is 5.71. The van der Waals surface area contributed by atoms with Gasteiger partial charge in [-0.2, -0.15) is 0 Å². The highest BCUT2D eigenvalue weighted by Crippen LogP contribution is 1.94. The summed E-state index contributed by atoms with van der Waals surface area (Å²) in [6, 6.07) is -0.365. The summed E-state index contributed by atoms with van der Waals surface area (Å²) in [5, 5.41) is 0. The van der Waals surface area contributed by atoms with Crippen LogP contribution in [-0.2, 0) is 19.8 Å². The van der Waals surface area contributed by atoms with Crippen molar-refractivity contribution in [3.63, 3.8) is 0 Å². The van der Waals surface area contributed by atoms with Crippen LogP contribution >= 0.6 is 0 Å². The van der Waals surface area contributed by atoms with Crippen LogP contribution in [0.1, 0.15) is 6.92 Å². The van der Waals surface area contributed by atoms with Crippen LogP contribution in [-0.4, -0.2) is 11.9 Å². The largest absolute Gasteiger partial charge is 0.429 e. The second-order valence-electron chi connectivity index (χ2n) is 1.52. The van der Waals surface area contributed by atoms with Crippen molar-refractivity contribution in [3.05, 3.63) is 0 Å². The quantitative estimate of drug-likeness (QED) is 0.456. The molecule has 1 amide bonds. The third-order valence-corrected chi connectivity index (χ3v) is 1.72. The molecule has 8 heavy (non-hydrogen) atoms. The van der Waals surface area contributed by atoms with Gasteiger partial charge in [0.15, 0.2) is 0 Å². The molecule has 46 valence electrons. The summed E-state index contributed by atoms with van der Waals surface area (Å²) in [6.07, 6.45) is 0. The summed E-state index contributed by atoms with van der Waals surface area (Å²) in [4.78, 5) is 10.4. The van der Waals surface area contributed by atoms with E-state index in [1.54, 1.807) is 6.92 Å². The minimum Gasteiger partial charge on any atom is -0.429 e. The number of nitrogens with one attached hydrogen (secondary N) is 1. The third kappa shape index (κ3) is 0.873. The van der Waals surface area contributed by atoms with Crippen LogP contribution in [0.3, 0.4) is 0 Å². The van der Waals surface area contributed by atoms with Crippen LogP contribution in [0, 0.1) is 0 Å². The monoisotopic (exact) mass is 133 g/mol. The van der Waals surface area contributed by atoms with Gasteiger partial charge in [-0.05, 0) is 6.92 Å². The Morgan fingerprint density at radius 1 is 1.88 bits per heavy atom. The number of amides is 1. The first-order valence-corrected chi connectivity index (χ1v) is 3.24. The highest BCUT2D eigenvalue weighted by molar-refractivity contribution is 7.73. The molecule has 0 aromatic heterocycles. The van der Waals surface area contributed by atoms with Crippen LogP contribution in [0.5, 0.6) is 0 Å². The zero-order valence-electron chi connectivity index (χ0n) is 4.25. The maximum atomic E-state index is 10.4. The molecule has 1 rings (SSSR count). The average Bonchev–Trinajstić information content (AvgIpc) is 1.85. The Hall–Kier alpha value is -0.420. The molecule has 0 unspecified atom stereocenters. The van der Waals surface area contributed by atoms with Crippen LogP contribution in [0.15, 0.2) is 4.36 Å². The second kappa shape index (κ2) is 1.83. The third-order valence-electron chi connectivity index (χ3n) is 0.821. The SMILES string of the molecule is C[C@H]1N[S-](=O)=NC1=O. The zero-order valence-corrected chi connectivity index (χ0v) is 5.07. The molecule has 1 heterocycles. The molecule has 1 N–H and O–H groups in total. The molecule has 5 heteroatoms. The Morgan fingerprint density at radius 3 is 2.62 bits per heavy atom. The first-order valence-electron chi connectivity index (χ1n) is 2.14. The molecular weight excluding hydrogens is 128 g/mol. The number of carbonyl (C=O) groups excluding carboxylic acids is 1. The fourth-order valence-electron chi connectivity index (χ4n) is 0.389. The highest BCUT2D eigenvalue weighted by Gasteiger charge is 2.09. The lowest BCUT2D eigenvalue weighted by atomic mass is 10.4. The van der Waals surface area contributed by atoms with Gasteiger partial charge in [0.05, 0.1) is 6.04 Å². The topological polar surface area (TPSA) is 58.5 Å². The molecule has 0 fully saturated rings. The molecule has 0 aromatic rings. The van der Waals surface area contributed by atoms with Crippen molar-refractivity contribution in [1.82, 2.24) is 4.72 Å². The van der Waals surface area contributed by atoms with E-state index in [9.17, 15) is 9.00 Å². The predicted octanol–water partition coefficient (Wildman–Crippen LogP) is -0.433. The van der Waals surface area contributed by atoms with Gasteiger partial charge in [0.2, 0.25) is 5.91 Å². The van der Waals surface area contributed by atoms with Crippen LogP contribution < -0.4 is 4.72 Å². The van der Waals surface area contributed by atoms with Crippen molar-refractivity contribution >= 4 is 16.7 Å². The normalized spacial score (nSPS) is 30.6. The fraction of sp³-hybridized carbons (Fsp3) is 0.667. The Labute approximate surface area is 48.6 Å². The van der Waals surface area contributed by atoms with Crippen molar-refractivity contribution in [2.24, 2.45) is 4.36 Å². The second-order valence-corrected chi connectivity index (χ2v) is 2.43. The fourth-order valence-corrected chi connectivity index (χ4v) is 1.17. The minimum absolute atomic E-state index is 0.330. The van der Waals surface area contributed by atoms with Crippen molar-refractivity contribution in [2.75, 3.05) is 0 Å². The van der Waals surface area contributed by atoms with E-state index in [-0.39, 0.29) is 11.9 Å². The maximum absolute atomic E-state index is 10.4. The van der Waals surface area contributed by atoms with Gasteiger partial charge < -0.3 is 13.3 Å². The molecule has 0 radical (unpaired) electrons. The molecule has 0 spiro atoms. The van der Waals surface area contributed by atoms with E-state index in [0.717, 1.165) is 0 Å². The van der Waals surface area contributed by atoms with E-state index < -0.39 is 10.8 Å². The van der Waals surface area contributed by atoms with Gasteiger partial charge in [0, 0.05) is 0 Å². The molecule has 0 aliphatic carbocycles. The lowest BCUT2D eigenvalue weighted by Gasteiger charge is -1.99. The van der Waals surface area contributed by atoms with Crippen molar-refractivity contribution < 1.29 is 9.00 Å². The number of nitrogens with zero attached hydrogens (tertiary/aromatic N) is 1. The molecule has 0 saturated heterocycles. The van der Waals surface area contributed by atoms with Gasteiger partial charge in [-0.1, -0.05) is 0 Å². The maximum Gasteiger partial charge on any atom is 0.238 e. The first-order chi connectivity index (χ1) is 3.70. The van der Waals surface area contributed by atoms with Crippen molar-refractivity contribution in [3.8, 4) is 0 Å². The summed E-state index contributed by atoms with van der Waals surface area (Å²) in [5.41, 5.74) is 0. The van der Waals surface area contributed by atoms with E-state index in [4.69, 9.17) is 0 Å². The Bertz CT molecular complexity index is 193. The van der Waals surface area contributed by atoms with Crippen LogP contribution in [0.4, 0.5) is 0 Å². The summed E-state index contributed by atoms with van der Waals surface area (Å²) in [5.74, 6) is -0.330. The van der Waals surface area contributed by atoms with Gasteiger partial charge >= 0.3 is 0 Å². The molecule has 4 nitrogen and oxygen atoms in total. The molecule has 1 aliphatic rings. The summed E-state index contributed by atoms with van der Waals surface area (Å²) in [6.45, 7) is 1.62. The van der Waals surface area contributed by atoms with Crippen molar-refractivity contribution in [1.29, 1.82) is 0 Å². The van der Waals surface area contributed by atoms with E-state index in [2.05, 4.69) is 9.08 Å². The zero-order chi connectivity index (χ0) is 6.15. The van der Waals surface area contributed by atoms with Gasteiger partial charge in [0.25, 0.3) is 0 Å². The summed E-state index contributed by atoms with van der Waals surface area (Å²) < 4.78 is 15.9. The minimum atomic E-state index is -1.46. The molecule has 1 aliphatic heterocycles. The molecule has 1 atom stereocenters.